The first kappa shape index (κ1) is 20.4. The second kappa shape index (κ2) is 10.9. The number of nitrogens with one attached hydrogen (secondary N) is 3. The van der Waals surface area contributed by atoms with Gasteiger partial charge >= 0.3 is 0 Å². The van der Waals surface area contributed by atoms with Crippen molar-refractivity contribution in [2.45, 2.75) is 6.42 Å². The van der Waals surface area contributed by atoms with E-state index in [0.29, 0.717) is 24.8 Å². The van der Waals surface area contributed by atoms with Crippen molar-refractivity contribution < 1.29 is 19.2 Å². The molecule has 3 N–H and O–H groups in total. The molecule has 1 aromatic rings. The number of amides is 1. The highest BCUT2D eigenvalue weighted by atomic mass is 32.1. The van der Waals surface area contributed by atoms with E-state index in [1.165, 1.54) is 4.90 Å². The fraction of sp³-hybridized carbons (Fsp3) is 0.556. The molecule has 1 fully saturated rings. The Hall–Kier alpha value is -1.90. The van der Waals surface area contributed by atoms with Crippen LogP contribution in [0.15, 0.2) is 24.3 Å². The molecule has 0 aliphatic carbocycles. The number of carbonyl (C=O) groups is 1. The molecule has 0 spiro atoms. The van der Waals surface area contributed by atoms with Gasteiger partial charge in [0.1, 0.15) is 5.75 Å². The molecular weight excluding hydrogens is 352 g/mol. The van der Waals surface area contributed by atoms with Gasteiger partial charge in [-0.2, -0.15) is 0 Å². The molecule has 1 saturated heterocycles. The van der Waals surface area contributed by atoms with E-state index in [-0.39, 0.29) is 5.91 Å². The summed E-state index contributed by atoms with van der Waals surface area (Å²) in [5, 5.41) is 6.91. The molecule has 0 saturated carbocycles. The summed E-state index contributed by atoms with van der Waals surface area (Å²) in [5.74, 6) is 0.894. The number of anilines is 1. The van der Waals surface area contributed by atoms with Gasteiger partial charge < -0.3 is 29.9 Å². The number of nitrogens with zero attached hydrogens (tertiary/aromatic N) is 1. The van der Waals surface area contributed by atoms with Crippen molar-refractivity contribution in [3.05, 3.63) is 24.3 Å². The minimum absolute atomic E-state index is 0.0987. The zero-order valence-electron chi connectivity index (χ0n) is 15.5. The lowest BCUT2D eigenvalue weighted by Gasteiger charge is -2.33. The molecule has 1 amide bonds. The minimum atomic E-state index is 0.0987. The van der Waals surface area contributed by atoms with Gasteiger partial charge in [-0.1, -0.05) is 6.07 Å². The minimum Gasteiger partial charge on any atom is -0.497 e. The Morgan fingerprint density at radius 3 is 2.77 bits per heavy atom. The number of hydrogen-bond donors (Lipinski definition) is 3. The van der Waals surface area contributed by atoms with Crippen LogP contribution in [0.4, 0.5) is 5.69 Å². The van der Waals surface area contributed by atoms with Gasteiger partial charge in [0.25, 0.3) is 5.91 Å². The first-order valence-corrected chi connectivity index (χ1v) is 9.32. The van der Waals surface area contributed by atoms with Crippen LogP contribution in [0.2, 0.25) is 0 Å². The third kappa shape index (κ3) is 6.78. The smallest absolute Gasteiger partial charge is 0.275 e. The number of rotatable bonds is 8. The van der Waals surface area contributed by atoms with Gasteiger partial charge in [0.15, 0.2) is 11.7 Å². The van der Waals surface area contributed by atoms with Crippen LogP contribution in [0.3, 0.4) is 0 Å². The van der Waals surface area contributed by atoms with Gasteiger partial charge in [-0.05, 0) is 30.8 Å². The van der Waals surface area contributed by atoms with E-state index in [2.05, 4.69) is 15.5 Å². The molecule has 0 radical (unpaired) electrons. The molecule has 1 aliphatic heterocycles. The molecule has 144 valence electrons. The fourth-order valence-electron chi connectivity index (χ4n) is 2.84. The normalized spacial score (nSPS) is 14.8. The summed E-state index contributed by atoms with van der Waals surface area (Å²) < 4.78 is 10.2. The molecule has 1 aromatic carbocycles. The van der Waals surface area contributed by atoms with Crippen molar-refractivity contribution in [3.63, 3.8) is 0 Å². The van der Waals surface area contributed by atoms with Crippen molar-refractivity contribution in [2.24, 2.45) is 0 Å². The third-order valence-electron chi connectivity index (χ3n) is 4.34. The standard InChI is InChI=1S/C18H28N4O3S/c1-24-12-4-7-19-17(23)14-21-8-10-22(11-9-21)18(26)20-15-5-3-6-16(13-15)25-2/h3,5-6,13H,4,7-12,14H2,1-2H3,(H,19,23)(H,20,26)/p+1. The zero-order chi connectivity index (χ0) is 18.8. The highest BCUT2D eigenvalue weighted by molar-refractivity contribution is 7.80. The number of hydrogen-bond acceptors (Lipinski definition) is 4. The number of methoxy groups -OCH3 is 2. The Bertz CT molecular complexity index is 592. The maximum absolute atomic E-state index is 12.0. The number of quaternary nitrogens is 1. The Balaban J connectivity index is 1.70. The topological polar surface area (TPSA) is 67.3 Å². The van der Waals surface area contributed by atoms with Crippen LogP contribution >= 0.6 is 12.2 Å². The predicted molar refractivity (Wildman–Crippen MR) is 106 cm³/mol. The summed E-state index contributed by atoms with van der Waals surface area (Å²) in [4.78, 5) is 15.4. The van der Waals surface area contributed by atoms with Crippen molar-refractivity contribution in [3.8, 4) is 5.75 Å². The Labute approximate surface area is 160 Å². The highest BCUT2D eigenvalue weighted by Crippen LogP contribution is 2.17. The van der Waals surface area contributed by atoms with Crippen molar-refractivity contribution >= 4 is 28.9 Å². The molecular formula is C18H29N4O3S+. The number of ether oxygens (including phenoxy) is 2. The van der Waals surface area contributed by atoms with Gasteiger partial charge in [0.2, 0.25) is 0 Å². The molecule has 0 aromatic heterocycles. The molecule has 2 rings (SSSR count). The fourth-order valence-corrected chi connectivity index (χ4v) is 3.14. The average Bonchev–Trinajstić information content (AvgIpc) is 2.66. The molecule has 8 heteroatoms. The van der Waals surface area contributed by atoms with Crippen molar-refractivity contribution in [1.29, 1.82) is 0 Å². The molecule has 26 heavy (non-hydrogen) atoms. The van der Waals surface area contributed by atoms with Gasteiger partial charge in [0, 0.05) is 32.0 Å². The zero-order valence-corrected chi connectivity index (χ0v) is 16.4. The highest BCUT2D eigenvalue weighted by Gasteiger charge is 2.23. The number of carbonyl (C=O) groups excluding carboxylic acids is 1. The molecule has 0 atom stereocenters. The lowest BCUT2D eigenvalue weighted by Crippen LogP contribution is -3.15. The maximum atomic E-state index is 12.0. The monoisotopic (exact) mass is 381 g/mol. The van der Waals surface area contributed by atoms with Crippen LogP contribution < -0.4 is 20.3 Å². The predicted octanol–water partition coefficient (Wildman–Crippen LogP) is -0.255. The van der Waals surface area contributed by atoms with E-state index >= 15 is 0 Å². The summed E-state index contributed by atoms with van der Waals surface area (Å²) in [7, 11) is 3.31. The van der Waals surface area contributed by atoms with Gasteiger partial charge in [0.05, 0.1) is 33.3 Å². The Kier molecular flexibility index (Phi) is 8.60. The second-order valence-corrected chi connectivity index (χ2v) is 6.66. The summed E-state index contributed by atoms with van der Waals surface area (Å²) in [6.45, 7) is 5.31. The van der Waals surface area contributed by atoms with Crippen LogP contribution in [-0.2, 0) is 9.53 Å². The molecule has 7 nitrogen and oxygen atoms in total. The summed E-state index contributed by atoms with van der Waals surface area (Å²) in [5.41, 5.74) is 0.916. The third-order valence-corrected chi connectivity index (χ3v) is 4.70. The Morgan fingerprint density at radius 1 is 1.31 bits per heavy atom. The van der Waals surface area contributed by atoms with E-state index < -0.39 is 0 Å². The van der Waals surface area contributed by atoms with Gasteiger partial charge in [-0.15, -0.1) is 0 Å². The molecule has 1 aliphatic rings. The molecule has 0 unspecified atom stereocenters. The van der Waals surface area contributed by atoms with Crippen LogP contribution in [0.5, 0.6) is 5.75 Å². The quantitative estimate of drug-likeness (QED) is 0.426. The molecule has 0 bridgehead atoms. The second-order valence-electron chi connectivity index (χ2n) is 6.27. The van der Waals surface area contributed by atoms with Crippen LogP contribution in [0.25, 0.3) is 0 Å². The van der Waals surface area contributed by atoms with Crippen molar-refractivity contribution in [2.75, 3.05) is 65.4 Å². The SMILES string of the molecule is COCCCNC(=O)C[NH+]1CCN(C(=S)Nc2cccc(OC)c2)CC1. The molecule has 1 heterocycles. The Morgan fingerprint density at radius 2 is 2.08 bits per heavy atom. The van der Waals surface area contributed by atoms with E-state index in [1.807, 2.05) is 24.3 Å². The lowest BCUT2D eigenvalue weighted by atomic mass is 10.3. The van der Waals surface area contributed by atoms with E-state index in [9.17, 15) is 4.79 Å². The average molecular weight is 382 g/mol. The summed E-state index contributed by atoms with van der Waals surface area (Å²) >= 11 is 5.52. The maximum Gasteiger partial charge on any atom is 0.275 e. The van der Waals surface area contributed by atoms with E-state index in [1.54, 1.807) is 14.2 Å². The van der Waals surface area contributed by atoms with Crippen LogP contribution in [-0.4, -0.2) is 76.0 Å². The van der Waals surface area contributed by atoms with Gasteiger partial charge in [-0.25, -0.2) is 0 Å². The van der Waals surface area contributed by atoms with Crippen molar-refractivity contribution in [1.82, 2.24) is 10.2 Å². The van der Waals surface area contributed by atoms with E-state index in [4.69, 9.17) is 21.7 Å². The number of piperazine rings is 1. The van der Waals surface area contributed by atoms with E-state index in [0.717, 1.165) is 44.0 Å². The van der Waals surface area contributed by atoms with Crippen LogP contribution in [0, 0.1) is 0 Å². The summed E-state index contributed by atoms with van der Waals surface area (Å²) in [6, 6.07) is 7.71. The largest absolute Gasteiger partial charge is 0.497 e. The van der Waals surface area contributed by atoms with Crippen LogP contribution in [0.1, 0.15) is 6.42 Å². The first-order valence-electron chi connectivity index (χ1n) is 8.91. The number of thiocarbonyl (C=S) groups is 1. The number of benzene rings is 1. The van der Waals surface area contributed by atoms with Gasteiger partial charge in [-0.3, -0.25) is 4.79 Å². The summed E-state index contributed by atoms with van der Waals surface area (Å²) in [6.07, 6.45) is 0.843. The first-order chi connectivity index (χ1) is 12.6. The lowest BCUT2D eigenvalue weighted by molar-refractivity contribution is -0.895.